The lowest BCUT2D eigenvalue weighted by atomic mass is 10.1. The average molecular weight is 330 g/mol. The van der Waals surface area contributed by atoms with Crippen LogP contribution < -0.4 is 9.47 Å². The molecule has 0 aliphatic carbocycles. The lowest BCUT2D eigenvalue weighted by Gasteiger charge is -2.12. The molecule has 0 unspecified atom stereocenters. The largest absolute Gasteiger partial charge is 0.493 e. The van der Waals surface area contributed by atoms with Crippen LogP contribution in [0.1, 0.15) is 51.9 Å². The molecular weight excluding hydrogens is 300 g/mol. The first-order chi connectivity index (χ1) is 11.8. The van der Waals surface area contributed by atoms with Crippen molar-refractivity contribution in [3.63, 3.8) is 0 Å². The van der Waals surface area contributed by atoms with Gasteiger partial charge in [-0.1, -0.05) is 45.4 Å². The number of imidazole rings is 1. The molecule has 0 atom stereocenters. The number of aryl methyl sites for hydroxylation is 1. The summed E-state index contributed by atoms with van der Waals surface area (Å²) in [5, 5.41) is 0. The Kier molecular flexibility index (Phi) is 7.66. The number of methoxy groups -OCH3 is 1. The standard InChI is InChI=1S/C20H30N2O2/c1-4-5-6-7-8-9-10-15-24-18-12-11-17(16-19(18)23-3)20-21-13-14-22(20)2/h11-14,16H,4-10,15H2,1-3H3. The summed E-state index contributed by atoms with van der Waals surface area (Å²) in [6.07, 6.45) is 12.7. The number of hydrogen-bond donors (Lipinski definition) is 0. The summed E-state index contributed by atoms with van der Waals surface area (Å²) in [7, 11) is 3.66. The molecule has 4 heteroatoms. The second kappa shape index (κ2) is 10.0. The number of benzene rings is 1. The van der Waals surface area contributed by atoms with E-state index in [1.165, 1.54) is 38.5 Å². The van der Waals surface area contributed by atoms with Gasteiger partial charge in [0, 0.05) is 25.0 Å². The lowest BCUT2D eigenvalue weighted by Crippen LogP contribution is -2.00. The second-order valence-electron chi connectivity index (χ2n) is 6.20. The van der Waals surface area contributed by atoms with Crippen molar-refractivity contribution >= 4 is 0 Å². The Labute approximate surface area is 145 Å². The van der Waals surface area contributed by atoms with E-state index in [1.54, 1.807) is 13.3 Å². The summed E-state index contributed by atoms with van der Waals surface area (Å²) in [4.78, 5) is 4.37. The fraction of sp³-hybridized carbons (Fsp3) is 0.550. The SMILES string of the molecule is CCCCCCCCCOc1ccc(-c2nccn2C)cc1OC. The van der Waals surface area contributed by atoms with E-state index in [2.05, 4.69) is 11.9 Å². The first-order valence-electron chi connectivity index (χ1n) is 9.04. The fourth-order valence-electron chi connectivity index (χ4n) is 2.81. The Morgan fingerprint density at radius 3 is 2.42 bits per heavy atom. The van der Waals surface area contributed by atoms with Crippen molar-refractivity contribution in [3.8, 4) is 22.9 Å². The lowest BCUT2D eigenvalue weighted by molar-refractivity contribution is 0.284. The van der Waals surface area contributed by atoms with E-state index in [9.17, 15) is 0 Å². The van der Waals surface area contributed by atoms with E-state index in [-0.39, 0.29) is 0 Å². The van der Waals surface area contributed by atoms with E-state index in [1.807, 2.05) is 36.0 Å². The van der Waals surface area contributed by atoms with Crippen LogP contribution >= 0.6 is 0 Å². The molecule has 0 saturated heterocycles. The molecule has 0 aliphatic heterocycles. The van der Waals surface area contributed by atoms with Gasteiger partial charge < -0.3 is 14.0 Å². The third kappa shape index (κ3) is 5.29. The van der Waals surface area contributed by atoms with Gasteiger partial charge in [0.25, 0.3) is 0 Å². The van der Waals surface area contributed by atoms with Crippen LogP contribution in [0, 0.1) is 0 Å². The molecule has 0 saturated carbocycles. The van der Waals surface area contributed by atoms with Crippen LogP contribution in [0.25, 0.3) is 11.4 Å². The Hall–Kier alpha value is -1.97. The zero-order valence-corrected chi connectivity index (χ0v) is 15.3. The van der Waals surface area contributed by atoms with Crippen LogP contribution in [-0.2, 0) is 7.05 Å². The Morgan fingerprint density at radius 2 is 1.75 bits per heavy atom. The van der Waals surface area contributed by atoms with Gasteiger partial charge in [-0.15, -0.1) is 0 Å². The van der Waals surface area contributed by atoms with Crippen LogP contribution in [0.5, 0.6) is 11.5 Å². The van der Waals surface area contributed by atoms with E-state index in [0.29, 0.717) is 0 Å². The van der Waals surface area contributed by atoms with Crippen molar-refractivity contribution in [1.29, 1.82) is 0 Å². The number of ether oxygens (including phenoxy) is 2. The van der Waals surface area contributed by atoms with Crippen molar-refractivity contribution in [1.82, 2.24) is 9.55 Å². The summed E-state index contributed by atoms with van der Waals surface area (Å²) in [6.45, 7) is 2.99. The molecule has 0 radical (unpaired) electrons. The van der Waals surface area contributed by atoms with E-state index in [0.717, 1.165) is 35.9 Å². The van der Waals surface area contributed by atoms with Gasteiger partial charge in [0.2, 0.25) is 0 Å². The maximum Gasteiger partial charge on any atom is 0.161 e. The van der Waals surface area contributed by atoms with Gasteiger partial charge in [-0.05, 0) is 24.6 Å². The van der Waals surface area contributed by atoms with Gasteiger partial charge in [-0.2, -0.15) is 0 Å². The zero-order chi connectivity index (χ0) is 17.2. The maximum atomic E-state index is 5.91. The molecule has 1 heterocycles. The number of rotatable bonds is 11. The Morgan fingerprint density at radius 1 is 1.00 bits per heavy atom. The van der Waals surface area contributed by atoms with Crippen molar-refractivity contribution < 1.29 is 9.47 Å². The molecule has 132 valence electrons. The van der Waals surface area contributed by atoms with Crippen LogP contribution in [-0.4, -0.2) is 23.3 Å². The minimum atomic E-state index is 0.742. The molecule has 2 rings (SSSR count). The zero-order valence-electron chi connectivity index (χ0n) is 15.3. The third-order valence-electron chi connectivity index (χ3n) is 4.25. The van der Waals surface area contributed by atoms with E-state index < -0.39 is 0 Å². The number of hydrogen-bond acceptors (Lipinski definition) is 3. The van der Waals surface area contributed by atoms with Gasteiger partial charge in [0.15, 0.2) is 11.5 Å². The highest BCUT2D eigenvalue weighted by Crippen LogP contribution is 2.32. The maximum absolute atomic E-state index is 5.91. The predicted octanol–water partition coefficient (Wildman–Crippen LogP) is 5.23. The van der Waals surface area contributed by atoms with Crippen LogP contribution in [0.3, 0.4) is 0 Å². The highest BCUT2D eigenvalue weighted by molar-refractivity contribution is 5.61. The van der Waals surface area contributed by atoms with Gasteiger partial charge >= 0.3 is 0 Å². The van der Waals surface area contributed by atoms with Crippen molar-refractivity contribution in [2.24, 2.45) is 7.05 Å². The fourth-order valence-corrected chi connectivity index (χ4v) is 2.81. The van der Waals surface area contributed by atoms with Crippen LogP contribution in [0.2, 0.25) is 0 Å². The van der Waals surface area contributed by atoms with Crippen molar-refractivity contribution in [2.45, 2.75) is 51.9 Å². The first-order valence-corrected chi connectivity index (χ1v) is 9.04. The van der Waals surface area contributed by atoms with Gasteiger partial charge in [0.1, 0.15) is 5.82 Å². The molecule has 0 N–H and O–H groups in total. The topological polar surface area (TPSA) is 36.3 Å². The van der Waals surface area contributed by atoms with Gasteiger partial charge in [-0.3, -0.25) is 0 Å². The van der Waals surface area contributed by atoms with Crippen molar-refractivity contribution in [2.75, 3.05) is 13.7 Å². The quantitative estimate of drug-likeness (QED) is 0.530. The summed E-state index contributed by atoms with van der Waals surface area (Å²) < 4.78 is 13.4. The Bertz CT molecular complexity index is 607. The summed E-state index contributed by atoms with van der Waals surface area (Å²) >= 11 is 0. The molecule has 0 spiro atoms. The molecule has 0 fully saturated rings. The predicted molar refractivity (Wildman–Crippen MR) is 98.7 cm³/mol. The molecular formula is C20H30N2O2. The minimum Gasteiger partial charge on any atom is -0.493 e. The first kappa shape index (κ1) is 18.4. The van der Waals surface area contributed by atoms with E-state index >= 15 is 0 Å². The number of unbranched alkanes of at least 4 members (excludes halogenated alkanes) is 6. The molecule has 0 aliphatic rings. The monoisotopic (exact) mass is 330 g/mol. The molecule has 4 nitrogen and oxygen atoms in total. The minimum absolute atomic E-state index is 0.742. The highest BCUT2D eigenvalue weighted by atomic mass is 16.5. The smallest absolute Gasteiger partial charge is 0.161 e. The molecule has 0 bridgehead atoms. The number of nitrogens with zero attached hydrogens (tertiary/aromatic N) is 2. The third-order valence-corrected chi connectivity index (χ3v) is 4.25. The molecule has 1 aromatic heterocycles. The normalized spacial score (nSPS) is 10.8. The molecule has 24 heavy (non-hydrogen) atoms. The highest BCUT2D eigenvalue weighted by Gasteiger charge is 2.09. The summed E-state index contributed by atoms with van der Waals surface area (Å²) in [5.74, 6) is 2.49. The van der Waals surface area contributed by atoms with Crippen molar-refractivity contribution in [3.05, 3.63) is 30.6 Å². The van der Waals surface area contributed by atoms with Crippen LogP contribution in [0.4, 0.5) is 0 Å². The second-order valence-corrected chi connectivity index (χ2v) is 6.20. The van der Waals surface area contributed by atoms with E-state index in [4.69, 9.17) is 9.47 Å². The molecule has 2 aromatic rings. The summed E-state index contributed by atoms with van der Waals surface area (Å²) in [6, 6.07) is 6.00. The van der Waals surface area contributed by atoms with Crippen LogP contribution in [0.15, 0.2) is 30.6 Å². The molecule has 0 amide bonds. The summed E-state index contributed by atoms with van der Waals surface area (Å²) in [5.41, 5.74) is 1.03. The molecule has 1 aromatic carbocycles. The number of aromatic nitrogens is 2. The van der Waals surface area contributed by atoms with Gasteiger partial charge in [-0.25, -0.2) is 4.98 Å². The van der Waals surface area contributed by atoms with Gasteiger partial charge in [0.05, 0.1) is 13.7 Å². The Balaban J connectivity index is 1.82. The average Bonchev–Trinajstić information content (AvgIpc) is 3.03.